The zero-order valence-corrected chi connectivity index (χ0v) is 30.8. The van der Waals surface area contributed by atoms with Crippen LogP contribution in [0.15, 0.2) is 224 Å². The third-order valence-electron chi connectivity index (χ3n) is 11.9. The quantitative estimate of drug-likeness (QED) is 0.166. The first-order chi connectivity index (χ1) is 27.8. The maximum Gasteiger partial charge on any atom is 0.0726 e. The molecule has 0 aliphatic heterocycles. The maximum absolute atomic E-state index is 2.47. The molecule has 0 N–H and O–H groups in total. The number of rotatable bonds is 6. The largest absolute Gasteiger partial charge is 0.310 e. The second-order valence-corrected chi connectivity index (χ2v) is 14.8. The van der Waals surface area contributed by atoms with Gasteiger partial charge < -0.3 is 4.90 Å². The second-order valence-electron chi connectivity index (χ2n) is 14.8. The van der Waals surface area contributed by atoms with Gasteiger partial charge in [-0.05, 0) is 109 Å². The highest BCUT2D eigenvalue weighted by Gasteiger charge is 2.52. The summed E-state index contributed by atoms with van der Waals surface area (Å²) >= 11 is 0. The molecule has 2 aliphatic rings. The molecule has 262 valence electrons. The molecule has 0 saturated carbocycles. The Kier molecular flexibility index (Phi) is 7.47. The van der Waals surface area contributed by atoms with Crippen molar-refractivity contribution in [3.8, 4) is 55.6 Å². The Balaban J connectivity index is 1.16. The van der Waals surface area contributed by atoms with Gasteiger partial charge in [-0.1, -0.05) is 188 Å². The van der Waals surface area contributed by atoms with Crippen molar-refractivity contribution in [1.82, 2.24) is 0 Å². The van der Waals surface area contributed by atoms with Crippen LogP contribution in [0.5, 0.6) is 0 Å². The van der Waals surface area contributed by atoms with Gasteiger partial charge in [0.1, 0.15) is 0 Å². The summed E-state index contributed by atoms with van der Waals surface area (Å²) in [6, 6.07) is 82.4. The van der Waals surface area contributed by atoms with Gasteiger partial charge in [-0.25, -0.2) is 0 Å². The lowest BCUT2D eigenvalue weighted by Crippen LogP contribution is -2.26. The smallest absolute Gasteiger partial charge is 0.0726 e. The fourth-order valence-electron chi connectivity index (χ4n) is 9.49. The lowest BCUT2D eigenvalue weighted by atomic mass is 9.70. The summed E-state index contributed by atoms with van der Waals surface area (Å²) in [5.41, 5.74) is 20.7. The van der Waals surface area contributed by atoms with Crippen LogP contribution in [0.4, 0.5) is 17.1 Å². The first-order valence-corrected chi connectivity index (χ1v) is 19.4. The highest BCUT2D eigenvalue weighted by molar-refractivity contribution is 6.01. The van der Waals surface area contributed by atoms with Gasteiger partial charge in [0.05, 0.1) is 11.1 Å². The number of anilines is 3. The Labute approximate surface area is 328 Å². The molecule has 9 aromatic carbocycles. The van der Waals surface area contributed by atoms with Gasteiger partial charge in [0.15, 0.2) is 0 Å². The van der Waals surface area contributed by atoms with Crippen molar-refractivity contribution in [3.63, 3.8) is 0 Å². The van der Waals surface area contributed by atoms with Gasteiger partial charge in [-0.3, -0.25) is 0 Å². The van der Waals surface area contributed by atoms with Crippen molar-refractivity contribution in [3.05, 3.63) is 247 Å². The van der Waals surface area contributed by atoms with Gasteiger partial charge in [0.25, 0.3) is 0 Å². The first-order valence-electron chi connectivity index (χ1n) is 19.4. The first kappa shape index (κ1) is 32.2. The highest BCUT2D eigenvalue weighted by Crippen LogP contribution is 2.65. The minimum atomic E-state index is -0.461. The number of nitrogens with zero attached hydrogens (tertiary/aromatic N) is 1. The zero-order valence-electron chi connectivity index (χ0n) is 30.8. The second kappa shape index (κ2) is 13.0. The molecule has 1 unspecified atom stereocenters. The van der Waals surface area contributed by atoms with Crippen LogP contribution in [0.2, 0.25) is 0 Å². The molecular weight excluding hydrogens is 675 g/mol. The lowest BCUT2D eigenvalue weighted by Gasteiger charge is -2.32. The summed E-state index contributed by atoms with van der Waals surface area (Å²) in [5, 5.41) is 0. The van der Waals surface area contributed by atoms with Crippen LogP contribution in [0, 0.1) is 0 Å². The van der Waals surface area contributed by atoms with E-state index in [-0.39, 0.29) is 0 Å². The van der Waals surface area contributed by atoms with Crippen molar-refractivity contribution >= 4 is 17.1 Å². The van der Waals surface area contributed by atoms with Gasteiger partial charge in [0, 0.05) is 16.9 Å². The van der Waals surface area contributed by atoms with E-state index in [0.29, 0.717) is 0 Å². The number of hydrogen-bond acceptors (Lipinski definition) is 1. The molecule has 1 nitrogen and oxygen atoms in total. The van der Waals surface area contributed by atoms with E-state index in [9.17, 15) is 0 Å². The number of hydrogen-bond donors (Lipinski definition) is 0. The van der Waals surface area contributed by atoms with Crippen LogP contribution in [-0.2, 0) is 5.41 Å². The molecule has 0 saturated heterocycles. The average Bonchev–Trinajstić information content (AvgIpc) is 3.75. The van der Waals surface area contributed by atoms with Crippen molar-refractivity contribution in [2.24, 2.45) is 0 Å². The maximum atomic E-state index is 2.47. The Bertz CT molecular complexity index is 2890. The van der Waals surface area contributed by atoms with E-state index in [4.69, 9.17) is 0 Å². The molecule has 0 bridgehead atoms. The number of fused-ring (bicyclic) bond motifs is 10. The summed E-state index contributed by atoms with van der Waals surface area (Å²) in [6.07, 6.45) is 0. The predicted molar refractivity (Wildman–Crippen MR) is 234 cm³/mol. The van der Waals surface area contributed by atoms with Gasteiger partial charge in [0.2, 0.25) is 0 Å². The number of benzene rings is 9. The zero-order chi connectivity index (χ0) is 37.1. The van der Waals surface area contributed by atoms with Crippen molar-refractivity contribution in [2.75, 3.05) is 4.90 Å². The van der Waals surface area contributed by atoms with Crippen LogP contribution in [0.25, 0.3) is 55.6 Å². The van der Waals surface area contributed by atoms with Crippen LogP contribution in [0.1, 0.15) is 22.3 Å². The third-order valence-corrected chi connectivity index (χ3v) is 11.9. The molecule has 0 aromatic heterocycles. The molecule has 0 fully saturated rings. The molecule has 0 heterocycles. The van der Waals surface area contributed by atoms with E-state index in [1.807, 2.05) is 0 Å². The van der Waals surface area contributed by atoms with Crippen LogP contribution >= 0.6 is 0 Å². The average molecular weight is 712 g/mol. The summed E-state index contributed by atoms with van der Waals surface area (Å²) in [5.74, 6) is 0. The Morgan fingerprint density at radius 2 is 0.732 bits per heavy atom. The Morgan fingerprint density at radius 1 is 0.268 bits per heavy atom. The molecular formula is C55H37N. The van der Waals surface area contributed by atoms with Crippen molar-refractivity contribution in [1.29, 1.82) is 0 Å². The van der Waals surface area contributed by atoms with Crippen LogP contribution in [0.3, 0.4) is 0 Å². The van der Waals surface area contributed by atoms with Crippen LogP contribution < -0.4 is 4.90 Å². The fourth-order valence-corrected chi connectivity index (χ4v) is 9.49. The molecule has 56 heavy (non-hydrogen) atoms. The molecule has 1 atom stereocenters. The fraction of sp³-hybridized carbons (Fsp3) is 0.0182. The monoisotopic (exact) mass is 711 g/mol. The van der Waals surface area contributed by atoms with Crippen molar-refractivity contribution in [2.45, 2.75) is 5.41 Å². The topological polar surface area (TPSA) is 3.24 Å². The summed E-state index contributed by atoms with van der Waals surface area (Å²) < 4.78 is 0. The Hall–Kier alpha value is -7.22. The normalized spacial score (nSPS) is 14.5. The molecule has 1 spiro atoms. The van der Waals surface area contributed by atoms with Gasteiger partial charge >= 0.3 is 0 Å². The Morgan fingerprint density at radius 3 is 1.41 bits per heavy atom. The van der Waals surface area contributed by atoms with E-state index in [2.05, 4.69) is 229 Å². The van der Waals surface area contributed by atoms with E-state index < -0.39 is 5.41 Å². The molecule has 1 heteroatoms. The molecule has 0 radical (unpaired) electrons. The van der Waals surface area contributed by atoms with E-state index in [1.165, 1.54) is 77.9 Å². The van der Waals surface area contributed by atoms with E-state index in [0.717, 1.165) is 17.1 Å². The molecule has 9 aromatic rings. The summed E-state index contributed by atoms with van der Waals surface area (Å²) in [6.45, 7) is 0. The summed E-state index contributed by atoms with van der Waals surface area (Å²) in [7, 11) is 0. The SMILES string of the molecule is c1ccc(-c2ccc(N(c3cccc(-c4ccccc4)c3)c3cccc4c3-c3ccccc3C43c4ccccc4-c4cc(-c5ccccc5)ccc43)cc2)cc1. The minimum Gasteiger partial charge on any atom is -0.310 e. The standard InChI is InChI=1S/C55H37N/c1-4-16-38(17-5-1)41-30-33-44(34-31-41)56(45-23-14-22-42(36-45)39-18-6-2-7-19-39)53-29-15-28-52-54(53)47-25-11-13-27-50(47)55(52)49-26-12-10-24-46(49)48-37-43(32-35-51(48)55)40-20-8-3-9-21-40/h1-37H. The van der Waals surface area contributed by atoms with Gasteiger partial charge in [-0.2, -0.15) is 0 Å². The molecule has 0 amide bonds. The molecule has 11 rings (SSSR count). The lowest BCUT2D eigenvalue weighted by molar-refractivity contribution is 0.794. The van der Waals surface area contributed by atoms with Crippen molar-refractivity contribution < 1.29 is 0 Å². The predicted octanol–water partition coefficient (Wildman–Crippen LogP) is 14.5. The summed E-state index contributed by atoms with van der Waals surface area (Å²) in [4.78, 5) is 2.47. The van der Waals surface area contributed by atoms with Crippen LogP contribution in [-0.4, -0.2) is 0 Å². The highest BCUT2D eigenvalue weighted by atomic mass is 15.1. The minimum absolute atomic E-state index is 0.461. The van der Waals surface area contributed by atoms with Gasteiger partial charge in [-0.15, -0.1) is 0 Å². The molecule has 2 aliphatic carbocycles. The van der Waals surface area contributed by atoms with E-state index >= 15 is 0 Å². The van der Waals surface area contributed by atoms with E-state index in [1.54, 1.807) is 0 Å². The third kappa shape index (κ3) is 4.88.